The largest absolute Gasteiger partial charge is 0.497 e. The molecule has 0 saturated heterocycles. The normalized spacial score (nSPS) is 10.9. The minimum atomic E-state index is -0.140. The third-order valence-electron chi connectivity index (χ3n) is 3.80. The van der Waals surface area contributed by atoms with E-state index >= 15 is 0 Å². The fourth-order valence-corrected chi connectivity index (χ4v) is 3.53. The molecule has 4 aromatic rings. The number of H-pyrrole nitrogens is 1. The van der Waals surface area contributed by atoms with Crippen molar-refractivity contribution < 1.29 is 4.74 Å². The molecule has 3 aromatic heterocycles. The van der Waals surface area contributed by atoms with Gasteiger partial charge in [0, 0.05) is 28.9 Å². The number of rotatable bonds is 3. The molecule has 0 aliphatic heterocycles. The maximum Gasteiger partial charge on any atom is 0.260 e. The molecule has 1 N–H and O–H groups in total. The molecule has 4 rings (SSSR count). The summed E-state index contributed by atoms with van der Waals surface area (Å²) in [7, 11) is 1.63. The van der Waals surface area contributed by atoms with Gasteiger partial charge in [-0.15, -0.1) is 11.3 Å². The van der Waals surface area contributed by atoms with E-state index in [0.29, 0.717) is 11.2 Å². The number of nitrogens with zero attached hydrogens (tertiary/aromatic N) is 2. The van der Waals surface area contributed by atoms with Crippen LogP contribution in [0.3, 0.4) is 0 Å². The van der Waals surface area contributed by atoms with Crippen LogP contribution < -0.4 is 10.3 Å². The highest BCUT2D eigenvalue weighted by atomic mass is 32.1. The number of aromatic amines is 1. The Morgan fingerprint density at radius 3 is 2.50 bits per heavy atom. The second-order valence-electron chi connectivity index (χ2n) is 5.21. The highest BCUT2D eigenvalue weighted by Crippen LogP contribution is 2.32. The van der Waals surface area contributed by atoms with Gasteiger partial charge in [0.2, 0.25) is 0 Å². The van der Waals surface area contributed by atoms with Gasteiger partial charge in [-0.2, -0.15) is 0 Å². The number of benzene rings is 1. The van der Waals surface area contributed by atoms with Crippen LogP contribution in [0.2, 0.25) is 0 Å². The summed E-state index contributed by atoms with van der Waals surface area (Å²) in [5.41, 5.74) is 2.54. The van der Waals surface area contributed by atoms with Crippen molar-refractivity contribution >= 4 is 21.6 Å². The molecule has 0 aliphatic carbocycles. The van der Waals surface area contributed by atoms with Crippen LogP contribution in [-0.2, 0) is 0 Å². The monoisotopic (exact) mass is 335 g/mol. The number of pyridine rings is 1. The van der Waals surface area contributed by atoms with Gasteiger partial charge in [0.1, 0.15) is 16.4 Å². The first kappa shape index (κ1) is 14.6. The zero-order valence-corrected chi connectivity index (χ0v) is 13.6. The lowest BCUT2D eigenvalue weighted by atomic mass is 10.1. The Labute approximate surface area is 141 Å². The molecule has 0 fully saturated rings. The summed E-state index contributed by atoms with van der Waals surface area (Å²) in [5.74, 6) is 1.34. The minimum absolute atomic E-state index is 0.140. The quantitative estimate of drug-likeness (QED) is 0.619. The van der Waals surface area contributed by atoms with Crippen LogP contribution in [0.25, 0.3) is 32.7 Å². The molecule has 0 bridgehead atoms. The van der Waals surface area contributed by atoms with Gasteiger partial charge in [0.25, 0.3) is 5.56 Å². The molecule has 0 radical (unpaired) electrons. The van der Waals surface area contributed by atoms with Gasteiger partial charge in [-0.05, 0) is 29.8 Å². The Morgan fingerprint density at radius 1 is 1.04 bits per heavy atom. The fourth-order valence-electron chi connectivity index (χ4n) is 2.58. The highest BCUT2D eigenvalue weighted by Gasteiger charge is 2.13. The van der Waals surface area contributed by atoms with E-state index in [2.05, 4.69) is 15.0 Å². The van der Waals surface area contributed by atoms with E-state index in [9.17, 15) is 4.79 Å². The number of hydrogen-bond donors (Lipinski definition) is 1. The van der Waals surface area contributed by atoms with E-state index in [1.165, 1.54) is 11.3 Å². The number of nitrogens with one attached hydrogen (secondary N) is 1. The third kappa shape index (κ3) is 2.47. The molecule has 6 heteroatoms. The first-order chi connectivity index (χ1) is 11.8. The van der Waals surface area contributed by atoms with Gasteiger partial charge < -0.3 is 9.72 Å². The van der Waals surface area contributed by atoms with E-state index in [4.69, 9.17) is 4.74 Å². The molecule has 0 aliphatic rings. The van der Waals surface area contributed by atoms with Gasteiger partial charge in [0.05, 0.1) is 12.5 Å². The number of aromatic nitrogens is 3. The van der Waals surface area contributed by atoms with Crippen LogP contribution in [0.1, 0.15) is 0 Å². The molecule has 0 amide bonds. The van der Waals surface area contributed by atoms with Gasteiger partial charge in [-0.3, -0.25) is 9.78 Å². The van der Waals surface area contributed by atoms with Crippen molar-refractivity contribution in [2.45, 2.75) is 0 Å². The highest BCUT2D eigenvalue weighted by molar-refractivity contribution is 7.17. The predicted octanol–water partition coefficient (Wildman–Crippen LogP) is 3.72. The van der Waals surface area contributed by atoms with Crippen LogP contribution in [0, 0.1) is 0 Å². The number of methoxy groups -OCH3 is 1. The second kappa shape index (κ2) is 5.90. The molecule has 1 aromatic carbocycles. The van der Waals surface area contributed by atoms with Crippen LogP contribution in [-0.4, -0.2) is 22.1 Å². The molecular formula is C18H13N3O2S. The van der Waals surface area contributed by atoms with Crippen molar-refractivity contribution in [1.29, 1.82) is 0 Å². The predicted molar refractivity (Wildman–Crippen MR) is 95.5 cm³/mol. The van der Waals surface area contributed by atoms with Gasteiger partial charge in [-0.25, -0.2) is 4.98 Å². The molecule has 24 heavy (non-hydrogen) atoms. The Morgan fingerprint density at radius 2 is 1.79 bits per heavy atom. The van der Waals surface area contributed by atoms with E-state index in [0.717, 1.165) is 27.3 Å². The Balaban J connectivity index is 1.86. The summed E-state index contributed by atoms with van der Waals surface area (Å²) in [6.45, 7) is 0. The number of fused-ring (bicyclic) bond motifs is 1. The van der Waals surface area contributed by atoms with Gasteiger partial charge in [0.15, 0.2) is 0 Å². The van der Waals surface area contributed by atoms with Crippen LogP contribution in [0.5, 0.6) is 5.75 Å². The van der Waals surface area contributed by atoms with Crippen molar-refractivity contribution in [3.05, 3.63) is 64.5 Å². The molecule has 0 atom stereocenters. The van der Waals surface area contributed by atoms with Crippen molar-refractivity contribution in [2.75, 3.05) is 7.11 Å². The fraction of sp³-hybridized carbons (Fsp3) is 0.0556. The zero-order chi connectivity index (χ0) is 16.5. The lowest BCUT2D eigenvalue weighted by Gasteiger charge is -2.03. The van der Waals surface area contributed by atoms with Gasteiger partial charge >= 0.3 is 0 Å². The maximum atomic E-state index is 12.6. The van der Waals surface area contributed by atoms with E-state index in [1.807, 2.05) is 41.8 Å². The topological polar surface area (TPSA) is 67.9 Å². The first-order valence-electron chi connectivity index (χ1n) is 7.32. The molecular weight excluding hydrogens is 322 g/mol. The van der Waals surface area contributed by atoms with Crippen molar-refractivity contribution in [2.24, 2.45) is 0 Å². The molecule has 118 valence electrons. The standard InChI is InChI=1S/C18H13N3O2S/c1-23-13-4-2-11(3-5-13)14-10-24-18-15(14)17(22)20-16(21-18)12-6-8-19-9-7-12/h2-10H,1H3,(H,20,21,22). The summed E-state index contributed by atoms with van der Waals surface area (Å²) in [6, 6.07) is 11.3. The summed E-state index contributed by atoms with van der Waals surface area (Å²) >= 11 is 1.46. The smallest absolute Gasteiger partial charge is 0.260 e. The van der Waals surface area contributed by atoms with Crippen molar-refractivity contribution in [3.8, 4) is 28.3 Å². The average Bonchev–Trinajstić information content (AvgIpc) is 3.07. The Hall–Kier alpha value is -2.99. The van der Waals surface area contributed by atoms with Crippen LogP contribution in [0.15, 0.2) is 59.0 Å². The molecule has 0 unspecified atom stereocenters. The first-order valence-corrected chi connectivity index (χ1v) is 8.20. The molecule has 3 heterocycles. The summed E-state index contributed by atoms with van der Waals surface area (Å²) < 4.78 is 5.18. The maximum absolute atomic E-state index is 12.6. The minimum Gasteiger partial charge on any atom is -0.497 e. The van der Waals surface area contributed by atoms with Crippen LogP contribution >= 0.6 is 11.3 Å². The summed E-state index contributed by atoms with van der Waals surface area (Å²) in [5, 5.41) is 2.58. The lowest BCUT2D eigenvalue weighted by Crippen LogP contribution is -2.09. The number of ether oxygens (including phenoxy) is 1. The SMILES string of the molecule is COc1ccc(-c2csc3nc(-c4ccncc4)[nH]c(=O)c23)cc1. The van der Waals surface area contributed by atoms with Crippen molar-refractivity contribution in [3.63, 3.8) is 0 Å². The second-order valence-corrected chi connectivity index (χ2v) is 6.07. The average molecular weight is 335 g/mol. The van der Waals surface area contributed by atoms with Crippen molar-refractivity contribution in [1.82, 2.24) is 15.0 Å². The summed E-state index contributed by atoms with van der Waals surface area (Å²) in [4.78, 5) is 24.8. The zero-order valence-electron chi connectivity index (χ0n) is 12.8. The number of hydrogen-bond acceptors (Lipinski definition) is 5. The summed E-state index contributed by atoms with van der Waals surface area (Å²) in [6.07, 6.45) is 3.35. The van der Waals surface area contributed by atoms with Gasteiger partial charge in [-0.1, -0.05) is 12.1 Å². The van der Waals surface area contributed by atoms with E-state index in [1.54, 1.807) is 19.5 Å². The lowest BCUT2D eigenvalue weighted by molar-refractivity contribution is 0.415. The Bertz CT molecular complexity index is 1050. The number of thiophene rings is 1. The molecule has 5 nitrogen and oxygen atoms in total. The van der Waals surface area contributed by atoms with E-state index in [-0.39, 0.29) is 5.56 Å². The van der Waals surface area contributed by atoms with Crippen LogP contribution in [0.4, 0.5) is 0 Å². The molecule has 0 spiro atoms. The third-order valence-corrected chi connectivity index (χ3v) is 4.67. The molecule has 0 saturated carbocycles. The Kier molecular flexibility index (Phi) is 3.59. The van der Waals surface area contributed by atoms with E-state index < -0.39 is 0 Å².